The summed E-state index contributed by atoms with van der Waals surface area (Å²) >= 11 is 3.48. The molecule has 1 atom stereocenters. The van der Waals surface area contributed by atoms with Crippen LogP contribution in [0.1, 0.15) is 31.3 Å². The molecule has 0 aliphatic heterocycles. The van der Waals surface area contributed by atoms with Gasteiger partial charge in [0, 0.05) is 21.6 Å². The Labute approximate surface area is 128 Å². The van der Waals surface area contributed by atoms with Crippen molar-refractivity contribution < 1.29 is 5.11 Å². The molecule has 1 N–H and O–H groups in total. The van der Waals surface area contributed by atoms with E-state index in [1.54, 1.807) is 0 Å². The Kier molecular flexibility index (Phi) is 4.89. The van der Waals surface area contributed by atoms with Gasteiger partial charge in [-0.3, -0.25) is 0 Å². The van der Waals surface area contributed by atoms with Crippen molar-refractivity contribution in [1.29, 1.82) is 0 Å². The largest absolute Gasteiger partial charge is 0.396 e. The van der Waals surface area contributed by atoms with E-state index in [2.05, 4.69) is 39.7 Å². The van der Waals surface area contributed by atoms with Crippen molar-refractivity contribution in [2.45, 2.75) is 26.7 Å². The minimum absolute atomic E-state index is 0.0270. The number of hydrogen-bond acceptors (Lipinski definition) is 3. The molecule has 0 saturated heterocycles. The molecule has 0 fully saturated rings. The highest BCUT2D eigenvalue weighted by atomic mass is 79.9. The molecule has 0 amide bonds. The molecule has 0 aliphatic carbocycles. The van der Waals surface area contributed by atoms with Crippen molar-refractivity contribution in [3.8, 4) is 11.3 Å². The van der Waals surface area contributed by atoms with E-state index in [1.807, 2.05) is 37.3 Å². The number of aromatic nitrogens is 2. The first kappa shape index (κ1) is 15.1. The van der Waals surface area contributed by atoms with Gasteiger partial charge in [0.15, 0.2) is 0 Å². The molecule has 0 spiro atoms. The summed E-state index contributed by atoms with van der Waals surface area (Å²) in [5, 5.41) is 9.56. The lowest BCUT2D eigenvalue weighted by atomic mass is 9.95. The fourth-order valence-electron chi connectivity index (χ4n) is 2.14. The molecule has 1 aromatic heterocycles. The van der Waals surface area contributed by atoms with E-state index in [-0.39, 0.29) is 12.5 Å². The van der Waals surface area contributed by atoms with Crippen LogP contribution in [0, 0.1) is 12.8 Å². The summed E-state index contributed by atoms with van der Waals surface area (Å²) in [5.41, 5.74) is 2.86. The maximum Gasteiger partial charge on any atom is 0.134 e. The van der Waals surface area contributed by atoms with Crippen LogP contribution in [-0.2, 0) is 0 Å². The highest BCUT2D eigenvalue weighted by Crippen LogP contribution is 2.26. The van der Waals surface area contributed by atoms with Gasteiger partial charge in [-0.25, -0.2) is 9.97 Å². The van der Waals surface area contributed by atoms with Crippen molar-refractivity contribution in [2.75, 3.05) is 6.61 Å². The lowest BCUT2D eigenvalue weighted by Crippen LogP contribution is -2.15. The van der Waals surface area contributed by atoms with Crippen molar-refractivity contribution in [2.24, 2.45) is 5.92 Å². The van der Waals surface area contributed by atoms with Crippen LogP contribution in [0.25, 0.3) is 11.3 Å². The summed E-state index contributed by atoms with van der Waals surface area (Å²) in [7, 11) is 0. The Bertz CT molecular complexity index is 599. The van der Waals surface area contributed by atoms with Gasteiger partial charge in [-0.1, -0.05) is 41.9 Å². The third-order valence-corrected chi connectivity index (χ3v) is 3.82. The van der Waals surface area contributed by atoms with Gasteiger partial charge in [0.25, 0.3) is 0 Å². The van der Waals surface area contributed by atoms with E-state index in [0.29, 0.717) is 5.92 Å². The first-order valence-electron chi connectivity index (χ1n) is 6.73. The number of aryl methyl sites for hydroxylation is 1. The minimum Gasteiger partial charge on any atom is -0.396 e. The van der Waals surface area contributed by atoms with E-state index in [4.69, 9.17) is 0 Å². The molecule has 3 nitrogen and oxygen atoms in total. The normalized spacial score (nSPS) is 12.7. The van der Waals surface area contributed by atoms with Crippen LogP contribution in [0.15, 0.2) is 34.8 Å². The first-order chi connectivity index (χ1) is 9.51. The van der Waals surface area contributed by atoms with E-state index < -0.39 is 0 Å². The average molecular weight is 335 g/mol. The molecule has 2 rings (SSSR count). The van der Waals surface area contributed by atoms with Crippen LogP contribution >= 0.6 is 15.9 Å². The molecular weight excluding hydrogens is 316 g/mol. The van der Waals surface area contributed by atoms with Crippen LogP contribution in [0.2, 0.25) is 0 Å². The van der Waals surface area contributed by atoms with Crippen LogP contribution in [0.5, 0.6) is 0 Å². The predicted octanol–water partition coefficient (Wildman–Crippen LogP) is 3.95. The van der Waals surface area contributed by atoms with Crippen molar-refractivity contribution >= 4 is 15.9 Å². The van der Waals surface area contributed by atoms with Gasteiger partial charge in [0.1, 0.15) is 5.82 Å². The highest BCUT2D eigenvalue weighted by molar-refractivity contribution is 9.10. The monoisotopic (exact) mass is 334 g/mol. The number of hydrogen-bond donors (Lipinski definition) is 1. The third-order valence-electron chi connectivity index (χ3n) is 3.32. The molecule has 1 unspecified atom stereocenters. The summed E-state index contributed by atoms with van der Waals surface area (Å²) < 4.78 is 1.02. The minimum atomic E-state index is -0.0270. The molecule has 2 aromatic rings. The molecule has 1 heterocycles. The molecule has 0 radical (unpaired) electrons. The summed E-state index contributed by atoms with van der Waals surface area (Å²) in [6, 6.07) is 10.0. The van der Waals surface area contributed by atoms with Gasteiger partial charge in [0.05, 0.1) is 12.3 Å². The van der Waals surface area contributed by atoms with Crippen molar-refractivity contribution in [1.82, 2.24) is 9.97 Å². The van der Waals surface area contributed by atoms with Gasteiger partial charge in [0.2, 0.25) is 0 Å². The zero-order chi connectivity index (χ0) is 14.7. The smallest absolute Gasteiger partial charge is 0.134 e. The van der Waals surface area contributed by atoms with E-state index in [0.717, 1.165) is 27.2 Å². The van der Waals surface area contributed by atoms with Crippen molar-refractivity contribution in [3.63, 3.8) is 0 Å². The molecule has 4 heteroatoms. The molecule has 0 bridgehead atoms. The Morgan fingerprint density at radius 2 is 1.95 bits per heavy atom. The van der Waals surface area contributed by atoms with E-state index >= 15 is 0 Å². The zero-order valence-corrected chi connectivity index (χ0v) is 13.6. The summed E-state index contributed by atoms with van der Waals surface area (Å²) in [5.74, 6) is 0.996. The predicted molar refractivity (Wildman–Crippen MR) is 84.6 cm³/mol. The number of aliphatic hydroxyl groups is 1. The van der Waals surface area contributed by atoms with Gasteiger partial charge < -0.3 is 5.11 Å². The number of benzene rings is 1. The van der Waals surface area contributed by atoms with Gasteiger partial charge in [-0.15, -0.1) is 0 Å². The van der Waals surface area contributed by atoms with Crippen LogP contribution < -0.4 is 0 Å². The average Bonchev–Trinajstić information content (AvgIpc) is 2.38. The standard InChI is InChI=1S/C16H19BrN2O/c1-10(2)14(9-20)16-18-11(3)7-15(19-16)12-5-4-6-13(17)8-12/h4-8,10,14,20H,9H2,1-3H3. The lowest BCUT2D eigenvalue weighted by molar-refractivity contribution is 0.231. The Morgan fingerprint density at radius 1 is 1.20 bits per heavy atom. The topological polar surface area (TPSA) is 46.0 Å². The summed E-state index contributed by atoms with van der Waals surface area (Å²) in [4.78, 5) is 9.14. The third kappa shape index (κ3) is 3.44. The van der Waals surface area contributed by atoms with Crippen LogP contribution in [0.3, 0.4) is 0 Å². The molecule has 20 heavy (non-hydrogen) atoms. The second-order valence-electron chi connectivity index (χ2n) is 5.30. The van der Waals surface area contributed by atoms with Gasteiger partial charge >= 0.3 is 0 Å². The van der Waals surface area contributed by atoms with Crippen LogP contribution in [0.4, 0.5) is 0 Å². The maximum atomic E-state index is 9.56. The zero-order valence-electron chi connectivity index (χ0n) is 12.0. The molecule has 106 valence electrons. The van der Waals surface area contributed by atoms with Gasteiger partial charge in [-0.2, -0.15) is 0 Å². The second kappa shape index (κ2) is 6.46. The Balaban J connectivity index is 2.48. The maximum absolute atomic E-state index is 9.56. The molecule has 1 aromatic carbocycles. The quantitative estimate of drug-likeness (QED) is 0.920. The fraction of sp³-hybridized carbons (Fsp3) is 0.375. The summed E-state index contributed by atoms with van der Waals surface area (Å²) in [6.45, 7) is 6.18. The van der Waals surface area contributed by atoms with Crippen molar-refractivity contribution in [3.05, 3.63) is 46.3 Å². The van der Waals surface area contributed by atoms with E-state index in [9.17, 15) is 5.11 Å². The van der Waals surface area contributed by atoms with Gasteiger partial charge in [-0.05, 0) is 31.0 Å². The number of halogens is 1. The number of nitrogens with zero attached hydrogens (tertiary/aromatic N) is 2. The van der Waals surface area contributed by atoms with Crippen LogP contribution in [-0.4, -0.2) is 21.7 Å². The SMILES string of the molecule is Cc1cc(-c2cccc(Br)c2)nc(C(CO)C(C)C)n1. The first-order valence-corrected chi connectivity index (χ1v) is 7.53. The molecule has 0 saturated carbocycles. The Morgan fingerprint density at radius 3 is 2.55 bits per heavy atom. The number of aliphatic hydroxyl groups excluding tert-OH is 1. The highest BCUT2D eigenvalue weighted by Gasteiger charge is 2.19. The molecular formula is C16H19BrN2O. The lowest BCUT2D eigenvalue weighted by Gasteiger charge is -2.18. The van der Waals surface area contributed by atoms with E-state index in [1.165, 1.54) is 0 Å². The summed E-state index contributed by atoms with van der Waals surface area (Å²) in [6.07, 6.45) is 0. The second-order valence-corrected chi connectivity index (χ2v) is 6.21. The Hall–Kier alpha value is -1.26. The fourth-order valence-corrected chi connectivity index (χ4v) is 2.54. The molecule has 0 aliphatic rings. The number of rotatable bonds is 4.